The molecule has 0 amide bonds. The lowest BCUT2D eigenvalue weighted by Gasteiger charge is -2.32. The molecule has 21 heavy (non-hydrogen) atoms. The Labute approximate surface area is 124 Å². The summed E-state index contributed by atoms with van der Waals surface area (Å²) in [4.78, 5) is 13.1. The van der Waals surface area contributed by atoms with Crippen molar-refractivity contribution in [2.45, 2.75) is 38.5 Å². The van der Waals surface area contributed by atoms with Crippen LogP contribution in [0.25, 0.3) is 0 Å². The minimum atomic E-state index is -0.337. The Kier molecular flexibility index (Phi) is 4.07. The molecule has 114 valence electrons. The monoisotopic (exact) mass is 291 g/mol. The molecule has 2 aliphatic rings. The van der Waals surface area contributed by atoms with E-state index in [-0.39, 0.29) is 10.6 Å². The zero-order chi connectivity index (χ0) is 14.8. The average molecular weight is 291 g/mol. The van der Waals surface area contributed by atoms with E-state index in [4.69, 9.17) is 4.74 Å². The normalized spacial score (nSPS) is 25.0. The summed E-state index contributed by atoms with van der Waals surface area (Å²) < 4.78 is 5.83. The molecule has 2 saturated heterocycles. The minimum absolute atomic E-state index is 0.141. The van der Waals surface area contributed by atoms with Gasteiger partial charge in [-0.15, -0.1) is 0 Å². The van der Waals surface area contributed by atoms with Gasteiger partial charge in [0.15, 0.2) is 0 Å². The molecule has 2 aliphatic heterocycles. The maximum atomic E-state index is 11.0. The smallest absolute Gasteiger partial charge is 0.292 e. The first-order chi connectivity index (χ1) is 10.2. The topological polar surface area (TPSA) is 67.6 Å². The van der Waals surface area contributed by atoms with Gasteiger partial charge in [-0.1, -0.05) is 6.07 Å². The number of nitrogens with zero attached hydrogens (tertiary/aromatic N) is 2. The number of nitrogens with one attached hydrogen (secondary N) is 1. The van der Waals surface area contributed by atoms with Gasteiger partial charge in [-0.3, -0.25) is 15.0 Å². The number of rotatable bonds is 5. The third-order valence-electron chi connectivity index (χ3n) is 4.15. The van der Waals surface area contributed by atoms with Crippen molar-refractivity contribution >= 4 is 11.4 Å². The van der Waals surface area contributed by atoms with Gasteiger partial charge in [0.25, 0.3) is 5.69 Å². The number of nitro benzene ring substituents is 1. The van der Waals surface area contributed by atoms with Gasteiger partial charge >= 0.3 is 0 Å². The first-order valence-electron chi connectivity index (χ1n) is 7.54. The molecule has 1 aromatic rings. The lowest BCUT2D eigenvalue weighted by molar-refractivity contribution is -0.384. The Morgan fingerprint density at radius 2 is 2.10 bits per heavy atom. The molecule has 0 radical (unpaired) electrons. The molecule has 2 unspecified atom stereocenters. The molecule has 6 heteroatoms. The molecule has 2 atom stereocenters. The second-order valence-corrected chi connectivity index (χ2v) is 5.79. The Hall–Kier alpha value is -1.66. The van der Waals surface area contributed by atoms with Gasteiger partial charge in [0.1, 0.15) is 5.69 Å². The maximum absolute atomic E-state index is 11.0. The van der Waals surface area contributed by atoms with Crippen molar-refractivity contribution in [2.75, 3.05) is 25.0 Å². The van der Waals surface area contributed by atoms with Crippen molar-refractivity contribution in [3.63, 3.8) is 0 Å². The van der Waals surface area contributed by atoms with Crippen LogP contribution in [0.4, 0.5) is 11.4 Å². The van der Waals surface area contributed by atoms with Crippen LogP contribution in [0, 0.1) is 10.1 Å². The number of likely N-dealkylation sites (tertiary alicyclic amines) is 1. The molecule has 3 rings (SSSR count). The summed E-state index contributed by atoms with van der Waals surface area (Å²) in [5.74, 6) is 0. The number of nitro groups is 1. The standard InChI is InChI=1S/C15H21N3O3/c1-2-16-14-7-11(3-6-15(14)18(19)20)8-17-9-12-4-5-13(10-17)21-12/h3,6-7,12-13,16H,2,4-5,8-10H2,1H3. The Morgan fingerprint density at radius 3 is 2.71 bits per heavy atom. The summed E-state index contributed by atoms with van der Waals surface area (Å²) in [5.41, 5.74) is 1.86. The lowest BCUT2D eigenvalue weighted by Crippen LogP contribution is -2.41. The molecule has 0 spiro atoms. The second-order valence-electron chi connectivity index (χ2n) is 5.79. The van der Waals surface area contributed by atoms with Crippen molar-refractivity contribution < 1.29 is 9.66 Å². The second kappa shape index (κ2) is 5.99. The van der Waals surface area contributed by atoms with E-state index >= 15 is 0 Å². The fraction of sp³-hybridized carbons (Fsp3) is 0.600. The molecule has 0 aromatic heterocycles. The quantitative estimate of drug-likeness (QED) is 0.666. The summed E-state index contributed by atoms with van der Waals surface area (Å²) >= 11 is 0. The molecule has 1 N–H and O–H groups in total. The zero-order valence-electron chi connectivity index (χ0n) is 12.2. The lowest BCUT2D eigenvalue weighted by atomic mass is 10.1. The van der Waals surface area contributed by atoms with Crippen molar-refractivity contribution in [3.8, 4) is 0 Å². The third-order valence-corrected chi connectivity index (χ3v) is 4.15. The van der Waals surface area contributed by atoms with Crippen LogP contribution in [0.3, 0.4) is 0 Å². The first-order valence-corrected chi connectivity index (χ1v) is 7.54. The fourth-order valence-corrected chi connectivity index (χ4v) is 3.26. The summed E-state index contributed by atoms with van der Waals surface area (Å²) in [6.45, 7) is 5.36. The molecular formula is C15H21N3O3. The summed E-state index contributed by atoms with van der Waals surface area (Å²) in [7, 11) is 0. The fourth-order valence-electron chi connectivity index (χ4n) is 3.26. The van der Waals surface area contributed by atoms with Gasteiger partial charge in [0.2, 0.25) is 0 Å². The van der Waals surface area contributed by atoms with Crippen molar-refractivity contribution in [3.05, 3.63) is 33.9 Å². The number of hydrogen-bond acceptors (Lipinski definition) is 5. The van der Waals surface area contributed by atoms with Crippen LogP contribution in [0.5, 0.6) is 0 Å². The highest BCUT2D eigenvalue weighted by Gasteiger charge is 2.33. The van der Waals surface area contributed by atoms with Crippen LogP contribution in [-0.4, -0.2) is 41.7 Å². The number of hydrogen-bond donors (Lipinski definition) is 1. The Balaban J connectivity index is 1.73. The van der Waals surface area contributed by atoms with E-state index < -0.39 is 0 Å². The summed E-state index contributed by atoms with van der Waals surface area (Å²) in [5, 5.41) is 14.1. The SMILES string of the molecule is CCNc1cc(CN2CC3CCC(C2)O3)ccc1[N+](=O)[O-]. The molecule has 2 fully saturated rings. The van der Waals surface area contributed by atoms with Crippen LogP contribution in [-0.2, 0) is 11.3 Å². The molecule has 6 nitrogen and oxygen atoms in total. The summed E-state index contributed by atoms with van der Waals surface area (Å²) in [6, 6.07) is 5.36. The first kappa shape index (κ1) is 14.3. The van der Waals surface area contributed by atoms with Gasteiger partial charge in [-0.05, 0) is 31.4 Å². The van der Waals surface area contributed by atoms with Gasteiger partial charge in [0.05, 0.1) is 17.1 Å². The van der Waals surface area contributed by atoms with Crippen LogP contribution in [0.2, 0.25) is 0 Å². The van der Waals surface area contributed by atoms with Gasteiger partial charge in [-0.2, -0.15) is 0 Å². The van der Waals surface area contributed by atoms with E-state index in [0.29, 0.717) is 24.4 Å². The molecule has 2 bridgehead atoms. The largest absolute Gasteiger partial charge is 0.380 e. The maximum Gasteiger partial charge on any atom is 0.292 e. The van der Waals surface area contributed by atoms with Gasteiger partial charge in [-0.25, -0.2) is 0 Å². The highest BCUT2D eigenvalue weighted by molar-refractivity contribution is 5.62. The molecule has 2 heterocycles. The number of anilines is 1. The van der Waals surface area contributed by atoms with E-state index in [1.165, 1.54) is 0 Å². The molecule has 1 aromatic carbocycles. The highest BCUT2D eigenvalue weighted by atomic mass is 16.6. The number of morpholine rings is 1. The third kappa shape index (κ3) is 3.16. The molecular weight excluding hydrogens is 270 g/mol. The number of benzene rings is 1. The molecule has 0 saturated carbocycles. The Bertz CT molecular complexity index is 523. The van der Waals surface area contributed by atoms with Crippen LogP contribution >= 0.6 is 0 Å². The number of ether oxygens (including phenoxy) is 1. The zero-order valence-corrected chi connectivity index (χ0v) is 12.2. The van der Waals surface area contributed by atoms with E-state index in [1.807, 2.05) is 19.1 Å². The Morgan fingerprint density at radius 1 is 1.38 bits per heavy atom. The summed E-state index contributed by atoms with van der Waals surface area (Å²) in [6.07, 6.45) is 3.05. The van der Waals surface area contributed by atoms with Crippen LogP contribution < -0.4 is 5.32 Å². The predicted molar refractivity (Wildman–Crippen MR) is 80.4 cm³/mol. The van der Waals surface area contributed by atoms with E-state index in [0.717, 1.165) is 38.0 Å². The highest BCUT2D eigenvalue weighted by Crippen LogP contribution is 2.29. The van der Waals surface area contributed by atoms with Gasteiger partial charge in [0, 0.05) is 32.2 Å². The van der Waals surface area contributed by atoms with Crippen LogP contribution in [0.1, 0.15) is 25.3 Å². The van der Waals surface area contributed by atoms with Crippen molar-refractivity contribution in [2.24, 2.45) is 0 Å². The number of fused-ring (bicyclic) bond motifs is 2. The van der Waals surface area contributed by atoms with Crippen molar-refractivity contribution in [1.29, 1.82) is 0 Å². The minimum Gasteiger partial charge on any atom is -0.380 e. The van der Waals surface area contributed by atoms with Crippen molar-refractivity contribution in [1.82, 2.24) is 4.90 Å². The van der Waals surface area contributed by atoms with Crippen LogP contribution in [0.15, 0.2) is 18.2 Å². The van der Waals surface area contributed by atoms with E-state index in [9.17, 15) is 10.1 Å². The van der Waals surface area contributed by atoms with E-state index in [2.05, 4.69) is 10.2 Å². The average Bonchev–Trinajstić information content (AvgIpc) is 2.78. The molecule has 0 aliphatic carbocycles. The van der Waals surface area contributed by atoms with E-state index in [1.54, 1.807) is 6.07 Å². The predicted octanol–water partition coefficient (Wildman–Crippen LogP) is 2.39. The van der Waals surface area contributed by atoms with Gasteiger partial charge < -0.3 is 10.1 Å².